The summed E-state index contributed by atoms with van der Waals surface area (Å²) < 4.78 is 5.36. The molecule has 198 valence electrons. The lowest BCUT2D eigenvalue weighted by molar-refractivity contribution is -0.120. The van der Waals surface area contributed by atoms with Crippen LogP contribution >= 0.6 is 11.3 Å². The molecular formula is C28H31N5O4S. The van der Waals surface area contributed by atoms with E-state index in [1.807, 2.05) is 30.3 Å². The monoisotopic (exact) mass is 533 g/mol. The maximum atomic E-state index is 13.2. The molecule has 1 atom stereocenters. The van der Waals surface area contributed by atoms with Crippen molar-refractivity contribution in [3.63, 3.8) is 0 Å². The first-order valence-electron chi connectivity index (χ1n) is 12.8. The molecule has 2 aliphatic rings. The third kappa shape index (κ3) is 5.93. The summed E-state index contributed by atoms with van der Waals surface area (Å²) in [7, 11) is 0. The summed E-state index contributed by atoms with van der Waals surface area (Å²) in [5, 5.41) is 8.05. The Bertz CT molecular complexity index is 1290. The molecule has 0 unspecified atom stereocenters. The number of fused-ring (bicyclic) bond motifs is 1. The number of anilines is 1. The van der Waals surface area contributed by atoms with Gasteiger partial charge in [-0.25, -0.2) is 4.98 Å². The van der Waals surface area contributed by atoms with Crippen molar-refractivity contribution in [1.29, 1.82) is 0 Å². The van der Waals surface area contributed by atoms with Gasteiger partial charge < -0.3 is 20.3 Å². The van der Waals surface area contributed by atoms with Gasteiger partial charge in [0.1, 0.15) is 6.04 Å². The van der Waals surface area contributed by atoms with Gasteiger partial charge in [0.25, 0.3) is 11.8 Å². The highest BCUT2D eigenvalue weighted by molar-refractivity contribution is 7.13. The molecule has 3 aromatic rings. The van der Waals surface area contributed by atoms with Gasteiger partial charge in [0.05, 0.1) is 13.2 Å². The summed E-state index contributed by atoms with van der Waals surface area (Å²) in [4.78, 5) is 46.4. The molecule has 0 saturated carbocycles. The number of morpholine rings is 1. The Kier molecular flexibility index (Phi) is 8.11. The van der Waals surface area contributed by atoms with Crippen LogP contribution in [0, 0.1) is 0 Å². The highest BCUT2D eigenvalue weighted by Gasteiger charge is 2.34. The van der Waals surface area contributed by atoms with Crippen LogP contribution in [0.5, 0.6) is 0 Å². The van der Waals surface area contributed by atoms with Gasteiger partial charge in [-0.1, -0.05) is 24.3 Å². The van der Waals surface area contributed by atoms with Gasteiger partial charge in [-0.3, -0.25) is 19.3 Å². The van der Waals surface area contributed by atoms with Crippen molar-refractivity contribution in [3.05, 3.63) is 70.7 Å². The minimum atomic E-state index is -0.631. The minimum absolute atomic E-state index is 0.0942. The van der Waals surface area contributed by atoms with Crippen LogP contribution in [0.1, 0.15) is 39.6 Å². The zero-order chi connectivity index (χ0) is 26.5. The number of amides is 3. The quantitative estimate of drug-likeness (QED) is 0.410. The fraction of sp³-hybridized carbons (Fsp3) is 0.357. The Labute approximate surface area is 225 Å². The van der Waals surface area contributed by atoms with E-state index in [-0.39, 0.29) is 17.7 Å². The van der Waals surface area contributed by atoms with Crippen molar-refractivity contribution in [2.24, 2.45) is 0 Å². The maximum Gasteiger partial charge on any atom is 0.255 e. The Morgan fingerprint density at radius 1 is 1.11 bits per heavy atom. The Morgan fingerprint density at radius 2 is 1.87 bits per heavy atom. The predicted molar refractivity (Wildman–Crippen MR) is 146 cm³/mol. The van der Waals surface area contributed by atoms with Crippen LogP contribution in [0.15, 0.2) is 54.0 Å². The molecule has 1 fully saturated rings. The summed E-state index contributed by atoms with van der Waals surface area (Å²) in [6.07, 6.45) is 2.52. The van der Waals surface area contributed by atoms with Crippen molar-refractivity contribution in [3.8, 4) is 11.1 Å². The van der Waals surface area contributed by atoms with E-state index in [1.54, 1.807) is 35.5 Å². The average molecular weight is 534 g/mol. The molecule has 2 aromatic carbocycles. The number of ether oxygens (including phenoxy) is 1. The largest absolute Gasteiger partial charge is 0.379 e. The molecule has 9 nitrogen and oxygen atoms in total. The molecule has 38 heavy (non-hydrogen) atoms. The maximum absolute atomic E-state index is 13.2. The van der Waals surface area contributed by atoms with Gasteiger partial charge in [0.2, 0.25) is 5.91 Å². The topological polar surface area (TPSA) is 104 Å². The number of carbonyl (C=O) groups excluding carboxylic acids is 3. The van der Waals surface area contributed by atoms with Crippen molar-refractivity contribution in [2.45, 2.75) is 25.9 Å². The molecule has 2 aliphatic heterocycles. The smallest absolute Gasteiger partial charge is 0.255 e. The Morgan fingerprint density at radius 3 is 2.61 bits per heavy atom. The normalized spacial score (nSPS) is 16.2. The van der Waals surface area contributed by atoms with Crippen LogP contribution in [-0.4, -0.2) is 77.9 Å². The van der Waals surface area contributed by atoms with Gasteiger partial charge >= 0.3 is 0 Å². The first-order valence-corrected chi connectivity index (χ1v) is 13.7. The van der Waals surface area contributed by atoms with Crippen molar-refractivity contribution < 1.29 is 19.1 Å². The van der Waals surface area contributed by atoms with E-state index in [4.69, 9.17) is 4.74 Å². The van der Waals surface area contributed by atoms with E-state index in [0.29, 0.717) is 29.3 Å². The van der Waals surface area contributed by atoms with Crippen LogP contribution in [0.4, 0.5) is 5.13 Å². The molecule has 1 aromatic heterocycles. The molecule has 0 spiro atoms. The molecule has 0 bridgehead atoms. The number of benzene rings is 2. The molecule has 3 heterocycles. The second kappa shape index (κ2) is 11.8. The molecule has 10 heteroatoms. The summed E-state index contributed by atoms with van der Waals surface area (Å²) in [6.45, 7) is 7.13. The molecule has 2 N–H and O–H groups in total. The van der Waals surface area contributed by atoms with Gasteiger partial charge in [-0.05, 0) is 54.8 Å². The predicted octanol–water partition coefficient (Wildman–Crippen LogP) is 3.25. The summed E-state index contributed by atoms with van der Waals surface area (Å²) in [5.41, 5.74) is 3.89. The second-order valence-electron chi connectivity index (χ2n) is 9.45. The number of thiazole rings is 1. The average Bonchev–Trinajstić information content (AvgIpc) is 3.58. The highest BCUT2D eigenvalue weighted by Crippen LogP contribution is 2.30. The van der Waals surface area contributed by atoms with Crippen LogP contribution in [0.2, 0.25) is 0 Å². The number of carbonyl (C=O) groups is 3. The lowest BCUT2D eigenvalue weighted by Gasteiger charge is -2.26. The zero-order valence-electron chi connectivity index (χ0n) is 21.3. The Hall–Kier alpha value is -3.60. The van der Waals surface area contributed by atoms with Crippen molar-refractivity contribution in [1.82, 2.24) is 20.1 Å². The molecular weight excluding hydrogens is 502 g/mol. The summed E-state index contributed by atoms with van der Waals surface area (Å²) in [6, 6.07) is 12.5. The number of hydrogen-bond donors (Lipinski definition) is 2. The Balaban J connectivity index is 1.17. The fourth-order valence-corrected chi connectivity index (χ4v) is 5.23. The highest BCUT2D eigenvalue weighted by atomic mass is 32.1. The summed E-state index contributed by atoms with van der Waals surface area (Å²) >= 11 is 1.33. The lowest BCUT2D eigenvalue weighted by atomic mass is 9.99. The first kappa shape index (κ1) is 26.0. The van der Waals surface area contributed by atoms with Crippen molar-refractivity contribution in [2.75, 3.05) is 44.7 Å². The number of hydrogen-bond acceptors (Lipinski definition) is 7. The molecule has 1 saturated heterocycles. The van der Waals surface area contributed by atoms with Gasteiger partial charge in [-0.2, -0.15) is 0 Å². The molecule has 0 radical (unpaired) electrons. The number of nitrogens with one attached hydrogen (secondary N) is 2. The van der Waals surface area contributed by atoms with E-state index in [2.05, 4.69) is 20.5 Å². The third-order valence-electron chi connectivity index (χ3n) is 6.97. The van der Waals surface area contributed by atoms with Gasteiger partial charge in [0.15, 0.2) is 5.13 Å². The van der Waals surface area contributed by atoms with Crippen molar-refractivity contribution >= 4 is 34.2 Å². The first-order chi connectivity index (χ1) is 18.5. The number of aromatic nitrogens is 1. The van der Waals surface area contributed by atoms with E-state index in [9.17, 15) is 14.4 Å². The zero-order valence-corrected chi connectivity index (χ0v) is 22.1. The van der Waals surface area contributed by atoms with Gasteiger partial charge in [-0.15, -0.1) is 11.3 Å². The van der Waals surface area contributed by atoms with Gasteiger partial charge in [0, 0.05) is 48.9 Å². The minimum Gasteiger partial charge on any atom is -0.379 e. The summed E-state index contributed by atoms with van der Waals surface area (Å²) in [5.74, 6) is -0.531. The van der Waals surface area contributed by atoms with E-state index in [0.717, 1.165) is 56.0 Å². The van der Waals surface area contributed by atoms with Crippen LogP contribution in [0.3, 0.4) is 0 Å². The van der Waals surface area contributed by atoms with E-state index >= 15 is 0 Å². The SMILES string of the molecule is C[C@H](C(=O)Nc1nccs1)N1Cc2ccc(-c3ccc(C(=O)NCCCN4CCOCC4)cc3)cc2C1=O. The van der Waals surface area contributed by atoms with Crippen LogP contribution in [0.25, 0.3) is 11.1 Å². The van der Waals surface area contributed by atoms with Crippen LogP contribution in [-0.2, 0) is 16.1 Å². The number of rotatable bonds is 9. The molecule has 3 amide bonds. The van der Waals surface area contributed by atoms with Crippen LogP contribution < -0.4 is 10.6 Å². The lowest BCUT2D eigenvalue weighted by Crippen LogP contribution is -2.42. The molecule has 0 aliphatic carbocycles. The third-order valence-corrected chi connectivity index (χ3v) is 7.66. The number of nitrogens with zero attached hydrogens (tertiary/aromatic N) is 3. The standard InChI is InChI=1S/C28H31N5O4S/c1-19(25(34)31-28-30-10-16-38-28)33-18-23-8-7-22(17-24(23)27(33)36)20-3-5-21(6-4-20)26(35)29-9-2-11-32-12-14-37-15-13-32/h3-8,10,16-17,19H,2,9,11-15,18H2,1H3,(H,29,35)(H,30,31,34)/t19-/m1/s1. The second-order valence-corrected chi connectivity index (χ2v) is 10.3. The fourth-order valence-electron chi connectivity index (χ4n) is 4.70. The molecule has 5 rings (SSSR count). The van der Waals surface area contributed by atoms with E-state index < -0.39 is 6.04 Å². The van der Waals surface area contributed by atoms with E-state index in [1.165, 1.54) is 11.3 Å².